The summed E-state index contributed by atoms with van der Waals surface area (Å²) in [5.41, 5.74) is 6.88. The number of halogens is 1. The average molecular weight is 244 g/mol. The largest absolute Gasteiger partial charge is 0.468 e. The van der Waals surface area contributed by atoms with Crippen LogP contribution in [0.15, 0.2) is 24.3 Å². The van der Waals surface area contributed by atoms with E-state index < -0.39 is 5.41 Å². The van der Waals surface area contributed by atoms with Crippen LogP contribution in [0.1, 0.15) is 25.0 Å². The van der Waals surface area contributed by atoms with Crippen LogP contribution >= 0.6 is 12.4 Å². The topological polar surface area (TPSA) is 52.3 Å². The first-order valence-corrected chi connectivity index (χ1v) is 4.90. The normalized spacial score (nSPS) is 10.5. The highest BCUT2D eigenvalue weighted by Crippen LogP contribution is 2.25. The first-order chi connectivity index (χ1) is 7.02. The third-order valence-electron chi connectivity index (χ3n) is 2.58. The Morgan fingerprint density at radius 2 is 2.06 bits per heavy atom. The summed E-state index contributed by atoms with van der Waals surface area (Å²) in [5.74, 6) is -0.239. The minimum absolute atomic E-state index is 0. The Morgan fingerprint density at radius 3 is 2.56 bits per heavy atom. The molecule has 0 aliphatic rings. The lowest BCUT2D eigenvalue weighted by atomic mass is 9.84. The minimum atomic E-state index is -0.625. The van der Waals surface area contributed by atoms with Crippen LogP contribution in [0.2, 0.25) is 0 Å². The number of hydrogen-bond acceptors (Lipinski definition) is 3. The second-order valence-corrected chi connectivity index (χ2v) is 4.02. The van der Waals surface area contributed by atoms with Crippen molar-refractivity contribution < 1.29 is 9.53 Å². The highest BCUT2D eigenvalue weighted by molar-refractivity contribution is 5.85. The van der Waals surface area contributed by atoms with Gasteiger partial charge >= 0.3 is 5.97 Å². The number of methoxy groups -OCH3 is 1. The van der Waals surface area contributed by atoms with E-state index in [1.54, 1.807) is 0 Å². The number of carbonyl (C=O) groups is 1. The second-order valence-electron chi connectivity index (χ2n) is 4.02. The summed E-state index contributed by atoms with van der Waals surface area (Å²) < 4.78 is 4.77. The third-order valence-corrected chi connectivity index (χ3v) is 2.58. The molecule has 4 heteroatoms. The van der Waals surface area contributed by atoms with Gasteiger partial charge in [0.1, 0.15) is 0 Å². The molecular formula is C12H18ClNO2. The van der Waals surface area contributed by atoms with Crippen molar-refractivity contribution >= 4 is 18.4 Å². The standard InChI is InChI=1S/C12H17NO2.ClH/c1-12(2,11(14)15-3)10-6-4-5-9(7-10)8-13;/h4-7H,8,13H2,1-3H3;1H. The first kappa shape index (κ1) is 14.9. The van der Waals surface area contributed by atoms with E-state index in [2.05, 4.69) is 0 Å². The van der Waals surface area contributed by atoms with E-state index in [9.17, 15) is 4.79 Å². The summed E-state index contributed by atoms with van der Waals surface area (Å²) in [5, 5.41) is 0. The van der Waals surface area contributed by atoms with Gasteiger partial charge in [-0.25, -0.2) is 0 Å². The molecule has 3 nitrogen and oxygen atoms in total. The number of carbonyl (C=O) groups excluding carboxylic acids is 1. The zero-order valence-electron chi connectivity index (χ0n) is 9.82. The lowest BCUT2D eigenvalue weighted by Crippen LogP contribution is -2.30. The van der Waals surface area contributed by atoms with Gasteiger partial charge in [0.25, 0.3) is 0 Å². The van der Waals surface area contributed by atoms with Gasteiger partial charge in [-0.1, -0.05) is 24.3 Å². The number of hydrogen-bond donors (Lipinski definition) is 1. The summed E-state index contributed by atoms with van der Waals surface area (Å²) in [4.78, 5) is 11.6. The SMILES string of the molecule is COC(=O)C(C)(C)c1cccc(CN)c1.Cl. The van der Waals surface area contributed by atoms with Crippen LogP contribution in [-0.2, 0) is 21.5 Å². The Kier molecular flexibility index (Phi) is 5.48. The van der Waals surface area contributed by atoms with Crippen molar-refractivity contribution in [3.8, 4) is 0 Å². The Hall–Kier alpha value is -1.06. The maximum absolute atomic E-state index is 11.6. The van der Waals surface area contributed by atoms with E-state index >= 15 is 0 Å². The summed E-state index contributed by atoms with van der Waals surface area (Å²) in [6.07, 6.45) is 0. The van der Waals surface area contributed by atoms with Gasteiger partial charge < -0.3 is 10.5 Å². The smallest absolute Gasteiger partial charge is 0.315 e. The average Bonchev–Trinajstić information content (AvgIpc) is 2.27. The van der Waals surface area contributed by atoms with Gasteiger partial charge in [-0.15, -0.1) is 12.4 Å². The van der Waals surface area contributed by atoms with Gasteiger partial charge in [0.15, 0.2) is 0 Å². The highest BCUT2D eigenvalue weighted by atomic mass is 35.5. The number of nitrogens with two attached hydrogens (primary N) is 1. The Bertz CT molecular complexity index is 364. The minimum Gasteiger partial charge on any atom is -0.468 e. The Morgan fingerprint density at radius 1 is 1.44 bits per heavy atom. The molecule has 0 spiro atoms. The van der Waals surface area contributed by atoms with E-state index in [1.165, 1.54) is 7.11 Å². The number of rotatable bonds is 3. The predicted molar refractivity (Wildman–Crippen MR) is 66.6 cm³/mol. The van der Waals surface area contributed by atoms with Crippen molar-refractivity contribution in [1.82, 2.24) is 0 Å². The predicted octanol–water partition coefficient (Wildman–Crippen LogP) is 2.02. The summed E-state index contributed by atoms with van der Waals surface area (Å²) in [7, 11) is 1.40. The number of esters is 1. The van der Waals surface area contributed by atoms with Gasteiger partial charge in [-0.05, 0) is 25.0 Å². The molecule has 16 heavy (non-hydrogen) atoms. The van der Waals surface area contributed by atoms with Gasteiger partial charge in [0, 0.05) is 6.54 Å². The van der Waals surface area contributed by atoms with Crippen molar-refractivity contribution in [2.45, 2.75) is 25.8 Å². The van der Waals surface area contributed by atoms with Crippen molar-refractivity contribution in [1.29, 1.82) is 0 Å². The molecule has 0 amide bonds. The summed E-state index contributed by atoms with van der Waals surface area (Å²) in [6, 6.07) is 7.70. The van der Waals surface area contributed by atoms with E-state index in [-0.39, 0.29) is 18.4 Å². The molecule has 0 aliphatic heterocycles. The van der Waals surface area contributed by atoms with Crippen LogP contribution in [0, 0.1) is 0 Å². The van der Waals surface area contributed by atoms with Crippen LogP contribution in [0.4, 0.5) is 0 Å². The van der Waals surface area contributed by atoms with E-state index in [4.69, 9.17) is 10.5 Å². The highest BCUT2D eigenvalue weighted by Gasteiger charge is 2.30. The fourth-order valence-electron chi connectivity index (χ4n) is 1.46. The van der Waals surface area contributed by atoms with Crippen LogP contribution in [0.3, 0.4) is 0 Å². The molecule has 0 heterocycles. The zero-order chi connectivity index (χ0) is 11.5. The molecular weight excluding hydrogens is 226 g/mol. The van der Waals surface area contributed by atoms with Crippen molar-refractivity contribution in [3.05, 3.63) is 35.4 Å². The molecule has 0 saturated carbocycles. The molecule has 0 aromatic heterocycles. The Labute approximate surface area is 102 Å². The maximum Gasteiger partial charge on any atom is 0.315 e. The van der Waals surface area contributed by atoms with Crippen LogP contribution in [-0.4, -0.2) is 13.1 Å². The zero-order valence-corrected chi connectivity index (χ0v) is 10.6. The molecule has 0 radical (unpaired) electrons. The molecule has 1 aromatic carbocycles. The monoisotopic (exact) mass is 243 g/mol. The van der Waals surface area contributed by atoms with Gasteiger partial charge in [0.05, 0.1) is 12.5 Å². The van der Waals surface area contributed by atoms with E-state index in [0.29, 0.717) is 6.54 Å². The van der Waals surface area contributed by atoms with Gasteiger partial charge in [0.2, 0.25) is 0 Å². The first-order valence-electron chi connectivity index (χ1n) is 4.90. The van der Waals surface area contributed by atoms with E-state index in [1.807, 2.05) is 38.1 Å². The number of ether oxygens (including phenoxy) is 1. The van der Waals surface area contributed by atoms with Crippen molar-refractivity contribution in [2.24, 2.45) is 5.73 Å². The summed E-state index contributed by atoms with van der Waals surface area (Å²) in [6.45, 7) is 4.16. The maximum atomic E-state index is 11.6. The van der Waals surface area contributed by atoms with Crippen LogP contribution in [0.5, 0.6) is 0 Å². The van der Waals surface area contributed by atoms with E-state index in [0.717, 1.165) is 11.1 Å². The van der Waals surface area contributed by atoms with Crippen molar-refractivity contribution in [3.63, 3.8) is 0 Å². The molecule has 0 atom stereocenters. The van der Waals surface area contributed by atoms with Gasteiger partial charge in [-0.3, -0.25) is 4.79 Å². The van der Waals surface area contributed by atoms with Crippen LogP contribution < -0.4 is 5.73 Å². The molecule has 0 bridgehead atoms. The summed E-state index contributed by atoms with van der Waals surface area (Å²) >= 11 is 0. The second kappa shape index (κ2) is 5.87. The fourth-order valence-corrected chi connectivity index (χ4v) is 1.46. The lowest BCUT2D eigenvalue weighted by molar-refractivity contribution is -0.146. The molecule has 0 aliphatic carbocycles. The Balaban J connectivity index is 0.00000225. The van der Waals surface area contributed by atoms with Gasteiger partial charge in [-0.2, -0.15) is 0 Å². The fraction of sp³-hybridized carbons (Fsp3) is 0.417. The molecule has 0 fully saturated rings. The quantitative estimate of drug-likeness (QED) is 0.827. The third kappa shape index (κ3) is 2.97. The molecule has 1 aromatic rings. The van der Waals surface area contributed by atoms with Crippen LogP contribution in [0.25, 0.3) is 0 Å². The molecule has 0 unspecified atom stereocenters. The molecule has 0 saturated heterocycles. The number of benzene rings is 1. The van der Waals surface area contributed by atoms with Crippen molar-refractivity contribution in [2.75, 3.05) is 7.11 Å². The lowest BCUT2D eigenvalue weighted by Gasteiger charge is -2.22. The molecule has 90 valence electrons. The molecule has 1 rings (SSSR count). The molecule has 2 N–H and O–H groups in total.